The number of nitrogens with zero attached hydrogens (tertiary/aromatic N) is 1. The first-order chi connectivity index (χ1) is 16.8. The fourth-order valence-corrected chi connectivity index (χ4v) is 3.23. The number of carbonyl (C=O) groups excluding carboxylic acids is 3. The molecular weight excluding hydrogens is 520 g/mol. The van der Waals surface area contributed by atoms with E-state index in [1.807, 2.05) is 6.07 Å². The molecule has 184 valence electrons. The minimum Gasteiger partial charge on any atom is -0.490 e. The summed E-state index contributed by atoms with van der Waals surface area (Å²) in [6.45, 7) is 5.72. The van der Waals surface area contributed by atoms with Crippen molar-refractivity contribution in [2.75, 3.05) is 31.7 Å². The minimum atomic E-state index is -0.635. The molecule has 0 heterocycles. The second-order valence-corrected chi connectivity index (χ2v) is 7.62. The van der Waals surface area contributed by atoms with E-state index >= 15 is 0 Å². The van der Waals surface area contributed by atoms with Crippen LogP contribution in [-0.2, 0) is 19.1 Å². The predicted molar refractivity (Wildman–Crippen MR) is 132 cm³/mol. The van der Waals surface area contributed by atoms with Crippen LogP contribution in [0.5, 0.6) is 11.5 Å². The highest BCUT2D eigenvalue weighted by Gasteiger charge is 2.16. The smallest absolute Gasteiger partial charge is 0.344 e. The first-order valence-electron chi connectivity index (χ1n) is 10.8. The van der Waals surface area contributed by atoms with Gasteiger partial charge in [0, 0.05) is 10.2 Å². The Kier molecular flexibility index (Phi) is 10.8. The third-order valence-electron chi connectivity index (χ3n) is 4.33. The highest BCUT2D eigenvalue weighted by Crippen LogP contribution is 2.35. The lowest BCUT2D eigenvalue weighted by Crippen LogP contribution is -2.15. The summed E-state index contributed by atoms with van der Waals surface area (Å²) in [6.07, 6.45) is 1.39. The maximum atomic E-state index is 12.7. The maximum absolute atomic E-state index is 12.7. The predicted octanol–water partition coefficient (Wildman–Crippen LogP) is 4.51. The maximum Gasteiger partial charge on any atom is 0.344 e. The molecule has 2 rings (SSSR count). The Morgan fingerprint density at radius 2 is 1.63 bits per heavy atom. The Morgan fingerprint density at radius 1 is 0.971 bits per heavy atom. The molecule has 0 saturated carbocycles. The Labute approximate surface area is 211 Å². The van der Waals surface area contributed by atoms with Crippen LogP contribution < -0.4 is 14.8 Å². The van der Waals surface area contributed by atoms with Crippen molar-refractivity contribution in [2.45, 2.75) is 20.8 Å². The fraction of sp³-hybridized carbons (Fsp3) is 0.280. The van der Waals surface area contributed by atoms with E-state index < -0.39 is 17.8 Å². The van der Waals surface area contributed by atoms with Crippen molar-refractivity contribution < 1.29 is 33.3 Å². The molecule has 1 N–H and O–H groups in total. The molecule has 0 aliphatic rings. The van der Waals surface area contributed by atoms with Gasteiger partial charge in [0.2, 0.25) is 0 Å². The van der Waals surface area contributed by atoms with Crippen molar-refractivity contribution >= 4 is 45.5 Å². The largest absolute Gasteiger partial charge is 0.490 e. The monoisotopic (exact) mass is 544 g/mol. The molecule has 0 bridgehead atoms. The highest BCUT2D eigenvalue weighted by atomic mass is 79.9. The first kappa shape index (κ1) is 27.4. The molecule has 1 amide bonds. The molecule has 2 aromatic rings. The van der Waals surface area contributed by atoms with Gasteiger partial charge in [-0.2, -0.15) is 5.26 Å². The Bertz CT molecular complexity index is 1140. The van der Waals surface area contributed by atoms with Crippen molar-refractivity contribution in [3.63, 3.8) is 0 Å². The van der Waals surface area contributed by atoms with Crippen molar-refractivity contribution in [3.8, 4) is 17.6 Å². The molecule has 9 nitrogen and oxygen atoms in total. The third kappa shape index (κ3) is 8.15. The van der Waals surface area contributed by atoms with Gasteiger partial charge < -0.3 is 24.3 Å². The number of hydrogen-bond acceptors (Lipinski definition) is 8. The molecule has 0 aliphatic carbocycles. The normalized spacial score (nSPS) is 10.7. The van der Waals surface area contributed by atoms with Gasteiger partial charge in [-0.25, -0.2) is 9.59 Å². The lowest BCUT2D eigenvalue weighted by atomic mass is 10.1. The number of halogens is 1. The zero-order valence-corrected chi connectivity index (χ0v) is 21.1. The highest BCUT2D eigenvalue weighted by molar-refractivity contribution is 9.10. The fourth-order valence-electron chi connectivity index (χ4n) is 2.79. The second-order valence-electron chi connectivity index (χ2n) is 6.77. The van der Waals surface area contributed by atoms with Crippen molar-refractivity contribution in [1.82, 2.24) is 0 Å². The summed E-state index contributed by atoms with van der Waals surface area (Å²) in [5, 5.41) is 12.2. The van der Waals surface area contributed by atoms with Crippen LogP contribution in [0.2, 0.25) is 0 Å². The minimum absolute atomic E-state index is 0.164. The van der Waals surface area contributed by atoms with Gasteiger partial charge in [-0.1, -0.05) is 15.9 Å². The molecule has 0 aliphatic heterocycles. The number of ether oxygens (including phenoxy) is 4. The van der Waals surface area contributed by atoms with Crippen LogP contribution in [-0.4, -0.2) is 44.3 Å². The lowest BCUT2D eigenvalue weighted by molar-refractivity contribution is -0.145. The van der Waals surface area contributed by atoms with Gasteiger partial charge in [0.05, 0.1) is 25.4 Å². The van der Waals surface area contributed by atoms with E-state index in [0.29, 0.717) is 39.4 Å². The number of amides is 1. The van der Waals surface area contributed by atoms with E-state index in [9.17, 15) is 19.6 Å². The summed E-state index contributed by atoms with van der Waals surface area (Å²) in [7, 11) is 0. The van der Waals surface area contributed by atoms with Gasteiger partial charge in [-0.15, -0.1) is 0 Å². The van der Waals surface area contributed by atoms with Gasteiger partial charge in [0.15, 0.2) is 18.1 Å². The zero-order chi connectivity index (χ0) is 25.8. The van der Waals surface area contributed by atoms with Crippen LogP contribution in [0.1, 0.15) is 36.7 Å². The van der Waals surface area contributed by atoms with E-state index in [0.717, 1.165) is 0 Å². The van der Waals surface area contributed by atoms with Crippen LogP contribution in [0.15, 0.2) is 46.4 Å². The molecule has 0 atom stereocenters. The summed E-state index contributed by atoms with van der Waals surface area (Å²) in [4.78, 5) is 36.1. The number of esters is 2. The number of nitrogens with one attached hydrogen (secondary N) is 1. The Hall–Kier alpha value is -3.84. The number of nitriles is 1. The second kappa shape index (κ2) is 13.8. The average molecular weight is 545 g/mol. The van der Waals surface area contributed by atoms with E-state index in [1.165, 1.54) is 30.3 Å². The molecule has 0 unspecified atom stereocenters. The zero-order valence-electron chi connectivity index (χ0n) is 19.6. The Morgan fingerprint density at radius 3 is 2.23 bits per heavy atom. The van der Waals surface area contributed by atoms with E-state index in [-0.39, 0.29) is 25.4 Å². The quantitative estimate of drug-likeness (QED) is 0.249. The SMILES string of the molecule is CCOC(=O)COc1cc(Br)c(/C=C(\C#N)C(=O)Nc2ccc(C(=O)OCC)cc2)cc1OCC. The van der Waals surface area contributed by atoms with E-state index in [2.05, 4.69) is 21.2 Å². The molecule has 0 radical (unpaired) electrons. The van der Waals surface area contributed by atoms with Crippen LogP contribution >= 0.6 is 15.9 Å². The average Bonchev–Trinajstić information content (AvgIpc) is 2.84. The number of rotatable bonds is 11. The summed E-state index contributed by atoms with van der Waals surface area (Å²) >= 11 is 3.40. The van der Waals surface area contributed by atoms with Gasteiger partial charge in [-0.05, 0) is 68.8 Å². The van der Waals surface area contributed by atoms with E-state index in [1.54, 1.807) is 32.9 Å². The van der Waals surface area contributed by atoms with Crippen LogP contribution in [0.25, 0.3) is 6.08 Å². The molecule has 0 saturated heterocycles. The number of anilines is 1. The van der Waals surface area contributed by atoms with Crippen molar-refractivity contribution in [1.29, 1.82) is 5.26 Å². The van der Waals surface area contributed by atoms with Crippen LogP contribution in [0, 0.1) is 11.3 Å². The molecule has 0 fully saturated rings. The van der Waals surface area contributed by atoms with Crippen LogP contribution in [0.4, 0.5) is 5.69 Å². The summed E-state index contributed by atoms with van der Waals surface area (Å²) in [5.41, 5.74) is 1.07. The first-order valence-corrected chi connectivity index (χ1v) is 11.6. The van der Waals surface area contributed by atoms with E-state index in [4.69, 9.17) is 18.9 Å². The summed E-state index contributed by atoms with van der Waals surface area (Å²) < 4.78 is 21.4. The van der Waals surface area contributed by atoms with Gasteiger partial charge in [0.1, 0.15) is 11.6 Å². The molecular formula is C25H25BrN2O7. The molecule has 10 heteroatoms. The standard InChI is InChI=1S/C25H25BrN2O7/c1-4-32-21-12-17(20(26)13-22(21)35-15-23(29)33-5-2)11-18(14-27)24(30)28-19-9-7-16(8-10-19)25(31)34-6-3/h7-13H,4-6,15H2,1-3H3,(H,28,30)/b18-11+. The Balaban J connectivity index is 2.23. The molecule has 35 heavy (non-hydrogen) atoms. The topological polar surface area (TPSA) is 124 Å². The van der Waals surface area contributed by atoms with Gasteiger partial charge >= 0.3 is 11.9 Å². The third-order valence-corrected chi connectivity index (χ3v) is 5.02. The number of hydrogen-bond donors (Lipinski definition) is 1. The summed E-state index contributed by atoms with van der Waals surface area (Å²) in [5.74, 6) is -0.989. The van der Waals surface area contributed by atoms with Crippen LogP contribution in [0.3, 0.4) is 0 Å². The summed E-state index contributed by atoms with van der Waals surface area (Å²) in [6, 6.07) is 11.2. The number of carbonyl (C=O) groups is 3. The van der Waals surface area contributed by atoms with Crippen molar-refractivity contribution in [3.05, 3.63) is 57.6 Å². The van der Waals surface area contributed by atoms with Crippen molar-refractivity contribution in [2.24, 2.45) is 0 Å². The van der Waals surface area contributed by atoms with Gasteiger partial charge in [-0.3, -0.25) is 4.79 Å². The van der Waals surface area contributed by atoms with Gasteiger partial charge in [0.25, 0.3) is 5.91 Å². The molecule has 0 aromatic heterocycles. The molecule has 0 spiro atoms. The lowest BCUT2D eigenvalue weighted by Gasteiger charge is -2.14. The number of benzene rings is 2. The molecule has 2 aromatic carbocycles.